The molecule has 98 valence electrons. The zero-order valence-corrected chi connectivity index (χ0v) is 11.1. The van der Waals surface area contributed by atoms with Crippen LogP contribution >= 0.6 is 0 Å². The quantitative estimate of drug-likeness (QED) is 0.821. The molecule has 2 aliphatic rings. The van der Waals surface area contributed by atoms with Crippen molar-refractivity contribution in [1.29, 1.82) is 0 Å². The fraction of sp³-hybridized carbons (Fsp3) is 0.600. The van der Waals surface area contributed by atoms with Crippen molar-refractivity contribution in [2.24, 2.45) is 0 Å². The van der Waals surface area contributed by atoms with Crippen LogP contribution in [-0.4, -0.2) is 30.1 Å². The number of nitrogens with one attached hydrogen (secondary N) is 1. The van der Waals surface area contributed by atoms with E-state index in [1.165, 1.54) is 5.56 Å². The Hall–Kier alpha value is -0.930. The Morgan fingerprint density at radius 1 is 1.33 bits per heavy atom. The zero-order chi connectivity index (χ0) is 12.7. The summed E-state index contributed by atoms with van der Waals surface area (Å²) in [6, 6.07) is 7.01. The molecule has 1 fully saturated rings. The fourth-order valence-corrected chi connectivity index (χ4v) is 3.42. The summed E-state index contributed by atoms with van der Waals surface area (Å²) in [6.07, 6.45) is 1.95. The third-order valence-corrected chi connectivity index (χ3v) is 4.39. The average molecular weight is 248 g/mol. The van der Waals surface area contributed by atoms with E-state index in [2.05, 4.69) is 30.1 Å². The SMILES string of the molecule is CC1CN(C2CCc3c(F)cccc32)C(C)CN1. The van der Waals surface area contributed by atoms with Crippen molar-refractivity contribution in [2.45, 2.75) is 44.8 Å². The molecule has 0 aromatic heterocycles. The molecule has 1 heterocycles. The Bertz CT molecular complexity index is 446. The molecule has 1 aromatic carbocycles. The second kappa shape index (κ2) is 4.63. The molecule has 1 N–H and O–H groups in total. The average Bonchev–Trinajstić information content (AvgIpc) is 2.77. The fourth-order valence-electron chi connectivity index (χ4n) is 3.42. The lowest BCUT2D eigenvalue weighted by Gasteiger charge is -2.41. The maximum absolute atomic E-state index is 13.8. The minimum atomic E-state index is -0.0224. The summed E-state index contributed by atoms with van der Waals surface area (Å²) in [4.78, 5) is 2.55. The lowest BCUT2D eigenvalue weighted by Crippen LogP contribution is -2.54. The molecule has 0 radical (unpaired) electrons. The third-order valence-electron chi connectivity index (χ3n) is 4.39. The van der Waals surface area contributed by atoms with Crippen LogP contribution in [0.1, 0.15) is 37.4 Å². The highest BCUT2D eigenvalue weighted by molar-refractivity contribution is 5.36. The Labute approximate surface area is 108 Å². The first-order valence-corrected chi connectivity index (χ1v) is 6.93. The van der Waals surface area contributed by atoms with Crippen LogP contribution < -0.4 is 5.32 Å². The Morgan fingerprint density at radius 2 is 2.17 bits per heavy atom. The van der Waals surface area contributed by atoms with Crippen molar-refractivity contribution in [3.8, 4) is 0 Å². The summed E-state index contributed by atoms with van der Waals surface area (Å²) in [7, 11) is 0. The monoisotopic (exact) mass is 248 g/mol. The van der Waals surface area contributed by atoms with Crippen LogP contribution in [0, 0.1) is 5.82 Å². The summed E-state index contributed by atoms with van der Waals surface area (Å²) >= 11 is 0. The first-order valence-electron chi connectivity index (χ1n) is 6.93. The van der Waals surface area contributed by atoms with Crippen molar-refractivity contribution in [3.63, 3.8) is 0 Å². The Morgan fingerprint density at radius 3 is 3.00 bits per heavy atom. The van der Waals surface area contributed by atoms with Crippen LogP contribution in [0.5, 0.6) is 0 Å². The second-order valence-corrected chi connectivity index (χ2v) is 5.72. The van der Waals surface area contributed by atoms with Crippen molar-refractivity contribution >= 4 is 0 Å². The molecule has 1 saturated heterocycles. The molecular weight excluding hydrogens is 227 g/mol. The topological polar surface area (TPSA) is 15.3 Å². The maximum atomic E-state index is 13.8. The van der Waals surface area contributed by atoms with Gasteiger partial charge in [0.1, 0.15) is 5.82 Å². The van der Waals surface area contributed by atoms with Gasteiger partial charge in [-0.05, 0) is 43.9 Å². The zero-order valence-electron chi connectivity index (χ0n) is 11.1. The number of halogens is 1. The molecule has 3 unspecified atom stereocenters. The van der Waals surface area contributed by atoms with Gasteiger partial charge in [-0.3, -0.25) is 4.90 Å². The summed E-state index contributed by atoms with van der Waals surface area (Å²) < 4.78 is 13.8. The molecule has 0 saturated carbocycles. The standard InChI is InChI=1S/C15H21FN2/c1-10-9-18(11(2)8-17-10)15-7-6-12-13(15)4-3-5-14(12)16/h3-5,10-11,15,17H,6-9H2,1-2H3. The minimum absolute atomic E-state index is 0.0224. The van der Waals surface area contributed by atoms with E-state index in [4.69, 9.17) is 0 Å². The van der Waals surface area contributed by atoms with Gasteiger partial charge in [0.2, 0.25) is 0 Å². The van der Waals surface area contributed by atoms with Crippen LogP contribution in [0.2, 0.25) is 0 Å². The van der Waals surface area contributed by atoms with Crippen molar-refractivity contribution < 1.29 is 4.39 Å². The highest BCUT2D eigenvalue weighted by Crippen LogP contribution is 2.38. The molecule has 0 spiro atoms. The molecule has 1 aliphatic heterocycles. The Balaban J connectivity index is 1.89. The number of nitrogens with zero attached hydrogens (tertiary/aromatic N) is 1. The van der Waals surface area contributed by atoms with E-state index in [0.29, 0.717) is 18.1 Å². The predicted molar refractivity (Wildman–Crippen MR) is 71.1 cm³/mol. The smallest absolute Gasteiger partial charge is 0.126 e. The molecule has 1 aliphatic carbocycles. The summed E-state index contributed by atoms with van der Waals surface area (Å²) in [6.45, 7) is 6.57. The highest BCUT2D eigenvalue weighted by Gasteiger charge is 2.34. The van der Waals surface area contributed by atoms with Gasteiger partial charge in [0.15, 0.2) is 0 Å². The highest BCUT2D eigenvalue weighted by atomic mass is 19.1. The van der Waals surface area contributed by atoms with Gasteiger partial charge < -0.3 is 5.32 Å². The molecule has 3 atom stereocenters. The van der Waals surface area contributed by atoms with E-state index >= 15 is 0 Å². The molecule has 3 rings (SSSR count). The maximum Gasteiger partial charge on any atom is 0.126 e. The molecule has 0 bridgehead atoms. The van der Waals surface area contributed by atoms with Gasteiger partial charge in [-0.2, -0.15) is 0 Å². The van der Waals surface area contributed by atoms with Crippen LogP contribution in [0.25, 0.3) is 0 Å². The van der Waals surface area contributed by atoms with E-state index in [9.17, 15) is 4.39 Å². The number of rotatable bonds is 1. The lowest BCUT2D eigenvalue weighted by molar-refractivity contribution is 0.0950. The van der Waals surface area contributed by atoms with Gasteiger partial charge in [0.05, 0.1) is 0 Å². The predicted octanol–water partition coefficient (Wildman–Crippen LogP) is 2.50. The third kappa shape index (κ3) is 1.95. The Kier molecular flexibility index (Phi) is 3.12. The molecular formula is C15H21FN2. The molecule has 2 nitrogen and oxygen atoms in total. The van der Waals surface area contributed by atoms with E-state index in [1.54, 1.807) is 6.07 Å². The number of hydrogen-bond donors (Lipinski definition) is 1. The first kappa shape index (κ1) is 12.1. The first-order chi connectivity index (χ1) is 8.66. The van der Waals surface area contributed by atoms with Crippen molar-refractivity contribution in [3.05, 3.63) is 35.1 Å². The van der Waals surface area contributed by atoms with Crippen LogP contribution in [0.4, 0.5) is 4.39 Å². The van der Waals surface area contributed by atoms with Gasteiger partial charge in [0, 0.05) is 31.2 Å². The number of fused-ring (bicyclic) bond motifs is 1. The second-order valence-electron chi connectivity index (χ2n) is 5.72. The number of hydrogen-bond acceptors (Lipinski definition) is 2. The van der Waals surface area contributed by atoms with Crippen molar-refractivity contribution in [2.75, 3.05) is 13.1 Å². The van der Waals surface area contributed by atoms with Gasteiger partial charge >= 0.3 is 0 Å². The van der Waals surface area contributed by atoms with Crippen LogP contribution in [0.3, 0.4) is 0 Å². The van der Waals surface area contributed by atoms with Gasteiger partial charge in [0.25, 0.3) is 0 Å². The van der Waals surface area contributed by atoms with Crippen LogP contribution in [0.15, 0.2) is 18.2 Å². The van der Waals surface area contributed by atoms with E-state index in [0.717, 1.165) is 31.5 Å². The summed E-state index contributed by atoms with van der Waals surface area (Å²) in [5, 5.41) is 3.50. The molecule has 1 aromatic rings. The molecule has 0 amide bonds. The van der Waals surface area contributed by atoms with Gasteiger partial charge in [-0.25, -0.2) is 4.39 Å². The largest absolute Gasteiger partial charge is 0.311 e. The number of benzene rings is 1. The summed E-state index contributed by atoms with van der Waals surface area (Å²) in [5.41, 5.74) is 2.16. The van der Waals surface area contributed by atoms with E-state index in [1.807, 2.05) is 6.07 Å². The lowest BCUT2D eigenvalue weighted by atomic mass is 10.0. The van der Waals surface area contributed by atoms with E-state index in [-0.39, 0.29) is 5.82 Å². The van der Waals surface area contributed by atoms with Gasteiger partial charge in [-0.1, -0.05) is 12.1 Å². The van der Waals surface area contributed by atoms with Gasteiger partial charge in [-0.15, -0.1) is 0 Å². The molecule has 3 heteroatoms. The minimum Gasteiger partial charge on any atom is -0.311 e. The normalized spacial score (nSPS) is 32.5. The van der Waals surface area contributed by atoms with E-state index < -0.39 is 0 Å². The molecule has 18 heavy (non-hydrogen) atoms. The number of piperazine rings is 1. The van der Waals surface area contributed by atoms with Crippen LogP contribution in [-0.2, 0) is 6.42 Å². The summed E-state index contributed by atoms with van der Waals surface area (Å²) in [5.74, 6) is -0.0224. The van der Waals surface area contributed by atoms with Crippen molar-refractivity contribution in [1.82, 2.24) is 10.2 Å².